The topological polar surface area (TPSA) is 102 Å². The van der Waals surface area contributed by atoms with Crippen molar-refractivity contribution in [3.63, 3.8) is 0 Å². The standard InChI is InChI=1S/C15H24N2O5S2/c1-15(6-8-16-9-7-15)11-17-24(20,21)14-10-12(23(3,18)19)4-5-13(14)22-2/h4-5,10,16-17H,6-9,11H2,1-3H3. The van der Waals surface area contributed by atoms with Crippen LogP contribution in [0.15, 0.2) is 28.0 Å². The summed E-state index contributed by atoms with van der Waals surface area (Å²) in [6.07, 6.45) is 2.78. The van der Waals surface area contributed by atoms with Crippen LogP contribution >= 0.6 is 0 Å². The highest BCUT2D eigenvalue weighted by Gasteiger charge is 2.30. The molecule has 0 saturated carbocycles. The Kier molecular flexibility index (Phi) is 5.58. The maximum Gasteiger partial charge on any atom is 0.244 e. The molecule has 0 atom stereocenters. The number of methoxy groups -OCH3 is 1. The lowest BCUT2D eigenvalue weighted by atomic mass is 9.81. The van der Waals surface area contributed by atoms with E-state index >= 15 is 0 Å². The van der Waals surface area contributed by atoms with Gasteiger partial charge < -0.3 is 10.1 Å². The number of sulfone groups is 1. The summed E-state index contributed by atoms with van der Waals surface area (Å²) in [6.45, 7) is 4.04. The van der Waals surface area contributed by atoms with E-state index in [1.807, 2.05) is 6.92 Å². The first-order valence-corrected chi connectivity index (χ1v) is 11.0. The molecule has 1 fully saturated rings. The minimum absolute atomic E-state index is 0.0586. The van der Waals surface area contributed by atoms with Gasteiger partial charge in [-0.2, -0.15) is 0 Å². The molecule has 1 aromatic rings. The first-order chi connectivity index (χ1) is 11.1. The van der Waals surface area contributed by atoms with Crippen LogP contribution in [0.25, 0.3) is 0 Å². The van der Waals surface area contributed by atoms with Crippen molar-refractivity contribution >= 4 is 19.9 Å². The van der Waals surface area contributed by atoms with Crippen molar-refractivity contribution in [1.29, 1.82) is 0 Å². The molecular formula is C15H24N2O5S2. The highest BCUT2D eigenvalue weighted by molar-refractivity contribution is 7.91. The normalized spacial score (nSPS) is 18.3. The molecule has 1 aliphatic heterocycles. The van der Waals surface area contributed by atoms with Crippen molar-refractivity contribution in [3.05, 3.63) is 18.2 Å². The molecule has 1 heterocycles. The Balaban J connectivity index is 2.30. The third-order valence-corrected chi connectivity index (χ3v) is 6.89. The first-order valence-electron chi connectivity index (χ1n) is 7.66. The van der Waals surface area contributed by atoms with Gasteiger partial charge >= 0.3 is 0 Å². The number of sulfonamides is 1. The van der Waals surface area contributed by atoms with Gasteiger partial charge in [0.1, 0.15) is 10.6 Å². The van der Waals surface area contributed by atoms with Gasteiger partial charge in [0.2, 0.25) is 10.0 Å². The van der Waals surface area contributed by atoms with Gasteiger partial charge in [0.05, 0.1) is 12.0 Å². The van der Waals surface area contributed by atoms with Gasteiger partial charge in [-0.25, -0.2) is 21.6 Å². The molecule has 1 aliphatic rings. The molecule has 2 rings (SSSR count). The third kappa shape index (κ3) is 4.47. The minimum atomic E-state index is -3.88. The highest BCUT2D eigenvalue weighted by atomic mass is 32.2. The predicted molar refractivity (Wildman–Crippen MR) is 91.5 cm³/mol. The molecular weight excluding hydrogens is 352 g/mol. The van der Waals surface area contributed by atoms with E-state index in [0.717, 1.165) is 38.3 Å². The second-order valence-corrected chi connectivity index (χ2v) is 10.2. The van der Waals surface area contributed by atoms with Crippen LogP contribution in [-0.2, 0) is 19.9 Å². The Morgan fingerprint density at radius 2 is 1.83 bits per heavy atom. The predicted octanol–water partition coefficient (Wildman–Crippen LogP) is 0.767. The van der Waals surface area contributed by atoms with Crippen LogP contribution in [-0.4, -0.2) is 49.8 Å². The molecule has 0 aromatic heterocycles. The molecule has 0 aliphatic carbocycles. The second kappa shape index (κ2) is 6.99. The Labute approximate surface area is 143 Å². The highest BCUT2D eigenvalue weighted by Crippen LogP contribution is 2.30. The Hall–Kier alpha value is -1.16. The fraction of sp³-hybridized carbons (Fsp3) is 0.600. The van der Waals surface area contributed by atoms with E-state index < -0.39 is 19.9 Å². The summed E-state index contributed by atoms with van der Waals surface area (Å²) in [5, 5.41) is 3.25. The SMILES string of the molecule is COc1ccc(S(C)(=O)=O)cc1S(=O)(=O)NCC1(C)CCNCC1. The maximum absolute atomic E-state index is 12.7. The molecule has 9 heteroatoms. The van der Waals surface area contributed by atoms with E-state index in [1.54, 1.807) is 0 Å². The molecule has 24 heavy (non-hydrogen) atoms. The average Bonchev–Trinajstić information content (AvgIpc) is 2.52. The summed E-state index contributed by atoms with van der Waals surface area (Å²) in [5.41, 5.74) is -0.125. The summed E-state index contributed by atoms with van der Waals surface area (Å²) in [4.78, 5) is -0.220. The zero-order valence-corrected chi connectivity index (χ0v) is 15.8. The van der Waals surface area contributed by atoms with Gasteiger partial charge in [-0.05, 0) is 49.5 Å². The van der Waals surface area contributed by atoms with Crippen molar-refractivity contribution in [2.75, 3.05) is 33.0 Å². The summed E-state index contributed by atoms with van der Waals surface area (Å²) in [6, 6.07) is 3.83. The first kappa shape index (κ1) is 19.2. The lowest BCUT2D eigenvalue weighted by molar-refractivity contribution is 0.232. The van der Waals surface area contributed by atoms with Gasteiger partial charge in [0.25, 0.3) is 0 Å². The molecule has 0 unspecified atom stereocenters. The van der Waals surface area contributed by atoms with Crippen LogP contribution < -0.4 is 14.8 Å². The molecule has 2 N–H and O–H groups in total. The summed E-state index contributed by atoms with van der Waals surface area (Å²) < 4.78 is 56.5. The average molecular weight is 377 g/mol. The van der Waals surface area contributed by atoms with Crippen LogP contribution in [0.1, 0.15) is 19.8 Å². The molecule has 1 saturated heterocycles. The van der Waals surface area contributed by atoms with Crippen LogP contribution in [0, 0.1) is 5.41 Å². The smallest absolute Gasteiger partial charge is 0.244 e. The van der Waals surface area contributed by atoms with Gasteiger partial charge in [-0.3, -0.25) is 0 Å². The number of hydrogen-bond acceptors (Lipinski definition) is 6. The van der Waals surface area contributed by atoms with Crippen molar-refractivity contribution in [2.24, 2.45) is 5.41 Å². The molecule has 1 aromatic carbocycles. The van der Waals surface area contributed by atoms with E-state index in [4.69, 9.17) is 4.74 Å². The van der Waals surface area contributed by atoms with Crippen LogP contribution in [0.2, 0.25) is 0 Å². The second-order valence-electron chi connectivity index (χ2n) is 6.47. The van der Waals surface area contributed by atoms with Gasteiger partial charge in [-0.1, -0.05) is 6.92 Å². The number of benzene rings is 1. The Morgan fingerprint density at radius 3 is 2.38 bits per heavy atom. The van der Waals surface area contributed by atoms with Crippen LogP contribution in [0.5, 0.6) is 5.75 Å². The van der Waals surface area contributed by atoms with Crippen LogP contribution in [0.3, 0.4) is 0 Å². The number of ether oxygens (including phenoxy) is 1. The maximum atomic E-state index is 12.7. The molecule has 7 nitrogen and oxygen atoms in total. The zero-order valence-electron chi connectivity index (χ0n) is 14.1. The van der Waals surface area contributed by atoms with E-state index in [1.165, 1.54) is 19.2 Å². The molecule has 0 amide bonds. The molecule has 0 spiro atoms. The largest absolute Gasteiger partial charge is 0.495 e. The number of rotatable bonds is 6. The summed E-state index contributed by atoms with van der Waals surface area (Å²) >= 11 is 0. The number of hydrogen-bond donors (Lipinski definition) is 2. The summed E-state index contributed by atoms with van der Waals surface area (Å²) in [7, 11) is -6.05. The van der Waals surface area contributed by atoms with E-state index in [0.29, 0.717) is 6.54 Å². The Bertz CT molecular complexity index is 797. The molecule has 0 radical (unpaired) electrons. The van der Waals surface area contributed by atoms with Gasteiger partial charge in [0.15, 0.2) is 9.84 Å². The molecule has 0 bridgehead atoms. The summed E-state index contributed by atoms with van der Waals surface area (Å²) in [5.74, 6) is 0.116. The van der Waals surface area contributed by atoms with Crippen molar-refractivity contribution < 1.29 is 21.6 Å². The fourth-order valence-corrected chi connectivity index (χ4v) is 4.77. The number of piperidine rings is 1. The fourth-order valence-electron chi connectivity index (χ4n) is 2.65. The van der Waals surface area contributed by atoms with Crippen molar-refractivity contribution in [3.8, 4) is 5.75 Å². The van der Waals surface area contributed by atoms with E-state index in [9.17, 15) is 16.8 Å². The zero-order chi connectivity index (χ0) is 18.0. The van der Waals surface area contributed by atoms with Gasteiger partial charge in [0, 0.05) is 12.8 Å². The number of nitrogens with one attached hydrogen (secondary N) is 2. The lowest BCUT2D eigenvalue weighted by Gasteiger charge is -2.34. The minimum Gasteiger partial charge on any atom is -0.495 e. The molecule has 136 valence electrons. The van der Waals surface area contributed by atoms with Crippen molar-refractivity contribution in [2.45, 2.75) is 29.6 Å². The monoisotopic (exact) mass is 376 g/mol. The lowest BCUT2D eigenvalue weighted by Crippen LogP contribution is -2.42. The van der Waals surface area contributed by atoms with Crippen LogP contribution in [0.4, 0.5) is 0 Å². The quantitative estimate of drug-likeness (QED) is 0.760. The van der Waals surface area contributed by atoms with Crippen molar-refractivity contribution in [1.82, 2.24) is 10.0 Å². The van der Waals surface area contributed by atoms with E-state index in [2.05, 4.69) is 10.0 Å². The van der Waals surface area contributed by atoms with E-state index in [-0.39, 0.29) is 21.0 Å². The Morgan fingerprint density at radius 1 is 1.21 bits per heavy atom. The van der Waals surface area contributed by atoms with Gasteiger partial charge in [-0.15, -0.1) is 0 Å². The third-order valence-electron chi connectivity index (χ3n) is 4.35.